The van der Waals surface area contributed by atoms with Crippen LogP contribution in [0.25, 0.3) is 0 Å². The highest BCUT2D eigenvalue weighted by molar-refractivity contribution is 7.99. The van der Waals surface area contributed by atoms with Crippen LogP contribution in [0.2, 0.25) is 0 Å². The largest absolute Gasteiger partial charge is 0.490 e. The molecule has 3 nitrogen and oxygen atoms in total. The fourth-order valence-corrected chi connectivity index (χ4v) is 5.22. The van der Waals surface area contributed by atoms with E-state index in [2.05, 4.69) is 18.2 Å². The average molecular weight is 305 g/mol. The maximum absolute atomic E-state index is 6.27. The van der Waals surface area contributed by atoms with Crippen LogP contribution in [-0.2, 0) is 11.2 Å². The normalized spacial score (nSPS) is 35.1. The van der Waals surface area contributed by atoms with Gasteiger partial charge < -0.3 is 15.2 Å². The molecule has 21 heavy (non-hydrogen) atoms. The van der Waals surface area contributed by atoms with Gasteiger partial charge in [-0.1, -0.05) is 6.07 Å². The lowest BCUT2D eigenvalue weighted by molar-refractivity contribution is -0.0959. The fraction of sp³-hybridized carbons (Fsp3) is 0.647. The minimum atomic E-state index is 0.0899. The Hall–Kier alpha value is -0.710. The minimum Gasteiger partial charge on any atom is -0.490 e. The summed E-state index contributed by atoms with van der Waals surface area (Å²) >= 11 is 2.01. The molecule has 1 aromatic rings. The minimum absolute atomic E-state index is 0.0899. The van der Waals surface area contributed by atoms with Crippen LogP contribution >= 0.6 is 11.8 Å². The lowest BCUT2D eigenvalue weighted by Gasteiger charge is -2.37. The van der Waals surface area contributed by atoms with Gasteiger partial charge in [0.15, 0.2) is 0 Å². The molecule has 2 heterocycles. The second kappa shape index (κ2) is 5.49. The van der Waals surface area contributed by atoms with E-state index < -0.39 is 0 Å². The summed E-state index contributed by atoms with van der Waals surface area (Å²) in [5.41, 5.74) is 8.87. The van der Waals surface area contributed by atoms with Gasteiger partial charge >= 0.3 is 0 Å². The Morgan fingerprint density at radius 2 is 2.29 bits per heavy atom. The molecule has 3 atom stereocenters. The SMILES string of the molecule is N[C@H]1CCc2cc(OC3CCOC4(CCSC4)C3)ccc21. The van der Waals surface area contributed by atoms with Gasteiger partial charge in [-0.05, 0) is 48.3 Å². The number of fused-ring (bicyclic) bond motifs is 1. The summed E-state index contributed by atoms with van der Waals surface area (Å²) in [5, 5.41) is 0. The molecule has 1 aromatic carbocycles. The van der Waals surface area contributed by atoms with Crippen LogP contribution < -0.4 is 10.5 Å². The quantitative estimate of drug-likeness (QED) is 0.912. The lowest BCUT2D eigenvalue weighted by atomic mass is 9.91. The van der Waals surface area contributed by atoms with Crippen molar-refractivity contribution in [2.75, 3.05) is 18.1 Å². The maximum atomic E-state index is 6.27. The molecule has 2 unspecified atom stereocenters. The van der Waals surface area contributed by atoms with Crippen molar-refractivity contribution in [1.82, 2.24) is 0 Å². The lowest BCUT2D eigenvalue weighted by Crippen LogP contribution is -2.43. The Labute approximate surface area is 130 Å². The van der Waals surface area contributed by atoms with Crippen molar-refractivity contribution in [2.45, 2.75) is 49.9 Å². The van der Waals surface area contributed by atoms with E-state index in [-0.39, 0.29) is 11.6 Å². The molecule has 2 N–H and O–H groups in total. The first-order chi connectivity index (χ1) is 10.2. The number of hydrogen-bond acceptors (Lipinski definition) is 4. The molecule has 1 spiro atoms. The first kappa shape index (κ1) is 13.9. The molecule has 3 aliphatic rings. The van der Waals surface area contributed by atoms with Crippen LogP contribution in [0.4, 0.5) is 0 Å². The molecule has 0 saturated carbocycles. The molecule has 4 heteroatoms. The summed E-state index contributed by atoms with van der Waals surface area (Å²) in [6.45, 7) is 0.834. The van der Waals surface area contributed by atoms with Crippen molar-refractivity contribution < 1.29 is 9.47 Å². The van der Waals surface area contributed by atoms with Crippen LogP contribution in [-0.4, -0.2) is 29.8 Å². The van der Waals surface area contributed by atoms with E-state index >= 15 is 0 Å². The smallest absolute Gasteiger partial charge is 0.120 e. The van der Waals surface area contributed by atoms with Crippen molar-refractivity contribution in [2.24, 2.45) is 5.73 Å². The topological polar surface area (TPSA) is 44.5 Å². The zero-order valence-corrected chi connectivity index (χ0v) is 13.2. The van der Waals surface area contributed by atoms with Crippen molar-refractivity contribution >= 4 is 11.8 Å². The number of rotatable bonds is 2. The number of nitrogens with two attached hydrogens (primary N) is 1. The van der Waals surface area contributed by atoms with Crippen LogP contribution in [0, 0.1) is 0 Å². The molecule has 4 rings (SSSR count). The third kappa shape index (κ3) is 2.69. The molecule has 0 radical (unpaired) electrons. The van der Waals surface area contributed by atoms with Crippen LogP contribution in [0.3, 0.4) is 0 Å². The standard InChI is InChI=1S/C17H23NO2S/c18-16-4-1-12-9-13(2-3-15(12)16)20-14-5-7-19-17(10-14)6-8-21-11-17/h2-3,9,14,16H,1,4-8,10-11,18H2/t14?,16-,17?/m0/s1. The number of aryl methyl sites for hydroxylation is 1. The highest BCUT2D eigenvalue weighted by Crippen LogP contribution is 2.40. The second-order valence-corrected chi connectivity index (χ2v) is 7.68. The van der Waals surface area contributed by atoms with E-state index in [0.717, 1.165) is 43.8 Å². The highest BCUT2D eigenvalue weighted by atomic mass is 32.2. The van der Waals surface area contributed by atoms with Crippen LogP contribution in [0.15, 0.2) is 18.2 Å². The van der Waals surface area contributed by atoms with Crippen LogP contribution in [0.5, 0.6) is 5.75 Å². The Morgan fingerprint density at radius 3 is 3.14 bits per heavy atom. The predicted octanol–water partition coefficient (Wildman–Crippen LogP) is 3.07. The van der Waals surface area contributed by atoms with Crippen molar-refractivity contribution in [3.63, 3.8) is 0 Å². The van der Waals surface area contributed by atoms with Crippen molar-refractivity contribution in [1.29, 1.82) is 0 Å². The Balaban J connectivity index is 1.46. The van der Waals surface area contributed by atoms with E-state index in [0.29, 0.717) is 6.10 Å². The third-order valence-corrected chi connectivity index (χ3v) is 6.28. The van der Waals surface area contributed by atoms with Gasteiger partial charge in [0.1, 0.15) is 11.9 Å². The molecule has 1 aliphatic carbocycles. The van der Waals surface area contributed by atoms with Crippen LogP contribution in [0.1, 0.15) is 42.9 Å². The molecule has 114 valence electrons. The zero-order chi connectivity index (χ0) is 14.3. The van der Waals surface area contributed by atoms with E-state index in [9.17, 15) is 0 Å². The van der Waals surface area contributed by atoms with E-state index in [1.165, 1.54) is 23.3 Å². The molecule has 2 fully saturated rings. The summed E-state index contributed by atoms with van der Waals surface area (Å²) in [6, 6.07) is 6.67. The molecule has 2 saturated heterocycles. The van der Waals surface area contributed by atoms with Gasteiger partial charge in [-0.15, -0.1) is 0 Å². The first-order valence-corrected chi connectivity index (χ1v) is 9.16. The fourth-order valence-electron chi connectivity index (χ4n) is 3.84. The van der Waals surface area contributed by atoms with Gasteiger partial charge in [-0.3, -0.25) is 0 Å². The van der Waals surface area contributed by atoms with E-state index in [1.54, 1.807) is 0 Å². The monoisotopic (exact) mass is 305 g/mol. The summed E-state index contributed by atoms with van der Waals surface area (Å²) in [5.74, 6) is 3.37. The zero-order valence-electron chi connectivity index (χ0n) is 12.3. The summed E-state index contributed by atoms with van der Waals surface area (Å²) in [4.78, 5) is 0. The van der Waals surface area contributed by atoms with E-state index in [1.807, 2.05) is 11.8 Å². The van der Waals surface area contributed by atoms with Gasteiger partial charge in [-0.2, -0.15) is 11.8 Å². The first-order valence-electron chi connectivity index (χ1n) is 8.01. The number of benzene rings is 1. The van der Waals surface area contributed by atoms with Crippen molar-refractivity contribution in [3.05, 3.63) is 29.3 Å². The molecule has 0 aromatic heterocycles. The molecule has 0 bridgehead atoms. The van der Waals surface area contributed by atoms with Gasteiger partial charge in [0.25, 0.3) is 0 Å². The Morgan fingerprint density at radius 1 is 1.33 bits per heavy atom. The van der Waals surface area contributed by atoms with Gasteiger partial charge in [0.05, 0.1) is 12.2 Å². The number of thioether (sulfide) groups is 1. The molecular weight excluding hydrogens is 282 g/mol. The Bertz CT molecular complexity index is 528. The summed E-state index contributed by atoms with van der Waals surface area (Å²) in [6.07, 6.45) is 5.67. The molecule has 2 aliphatic heterocycles. The van der Waals surface area contributed by atoms with Gasteiger partial charge in [0.2, 0.25) is 0 Å². The second-order valence-electron chi connectivity index (χ2n) is 6.57. The van der Waals surface area contributed by atoms with Crippen molar-refractivity contribution in [3.8, 4) is 5.75 Å². The van der Waals surface area contributed by atoms with Gasteiger partial charge in [0, 0.05) is 24.6 Å². The molecule has 0 amide bonds. The average Bonchev–Trinajstić information content (AvgIpc) is 3.07. The highest BCUT2D eigenvalue weighted by Gasteiger charge is 2.41. The third-order valence-electron chi connectivity index (χ3n) is 5.06. The van der Waals surface area contributed by atoms with E-state index in [4.69, 9.17) is 15.2 Å². The number of hydrogen-bond donors (Lipinski definition) is 1. The predicted molar refractivity (Wildman–Crippen MR) is 86.0 cm³/mol. The summed E-state index contributed by atoms with van der Waals surface area (Å²) < 4.78 is 12.3. The molecular formula is C17H23NO2S. The maximum Gasteiger partial charge on any atom is 0.120 e. The number of ether oxygens (including phenoxy) is 2. The Kier molecular flexibility index (Phi) is 3.64. The van der Waals surface area contributed by atoms with Gasteiger partial charge in [-0.25, -0.2) is 0 Å². The summed E-state index contributed by atoms with van der Waals surface area (Å²) in [7, 11) is 0.